The van der Waals surface area contributed by atoms with E-state index in [2.05, 4.69) is 4.74 Å². The Morgan fingerprint density at radius 2 is 1.76 bits per heavy atom. The first kappa shape index (κ1) is 21.1. The number of aliphatic hydroxyl groups is 1. The van der Waals surface area contributed by atoms with Crippen molar-refractivity contribution in [2.24, 2.45) is 5.73 Å². The number of benzene rings is 2. The van der Waals surface area contributed by atoms with Gasteiger partial charge in [0.1, 0.15) is 11.5 Å². The molecule has 2 atom stereocenters. The van der Waals surface area contributed by atoms with Crippen LogP contribution in [0.2, 0.25) is 0 Å². The number of alkyl halides is 3. The van der Waals surface area contributed by atoms with Crippen molar-refractivity contribution in [3.63, 3.8) is 0 Å². The Kier molecular flexibility index (Phi) is 7.54. The highest BCUT2D eigenvalue weighted by molar-refractivity contribution is 5.85. The van der Waals surface area contributed by atoms with E-state index in [0.29, 0.717) is 0 Å². The topological polar surface area (TPSA) is 64.7 Å². The predicted molar refractivity (Wildman–Crippen MR) is 90.0 cm³/mol. The molecular formula is C17H19ClF3NO3. The molecule has 138 valence electrons. The molecule has 0 saturated heterocycles. The van der Waals surface area contributed by atoms with E-state index in [0.717, 1.165) is 17.7 Å². The van der Waals surface area contributed by atoms with Gasteiger partial charge >= 0.3 is 6.36 Å². The van der Waals surface area contributed by atoms with Gasteiger partial charge in [0.15, 0.2) is 0 Å². The lowest BCUT2D eigenvalue weighted by molar-refractivity contribution is -0.274. The molecule has 4 nitrogen and oxygen atoms in total. The predicted octanol–water partition coefficient (Wildman–Crippen LogP) is 3.62. The summed E-state index contributed by atoms with van der Waals surface area (Å²) < 4.78 is 46.1. The number of nitrogens with two attached hydrogens (primary N) is 1. The van der Waals surface area contributed by atoms with Crippen LogP contribution in [0.25, 0.3) is 0 Å². The maximum Gasteiger partial charge on any atom is 0.573 e. The molecule has 3 N–H and O–H groups in total. The third-order valence-electron chi connectivity index (χ3n) is 3.50. The van der Waals surface area contributed by atoms with Gasteiger partial charge in [0.05, 0.1) is 19.3 Å². The maximum atomic E-state index is 12.4. The van der Waals surface area contributed by atoms with Crippen LogP contribution in [0.1, 0.15) is 17.2 Å². The second-order valence-electron chi connectivity index (χ2n) is 5.23. The van der Waals surface area contributed by atoms with Gasteiger partial charge in [-0.15, -0.1) is 25.6 Å². The highest BCUT2D eigenvalue weighted by Gasteiger charge is 2.32. The second kappa shape index (κ2) is 8.94. The fraction of sp³-hybridized carbons (Fsp3) is 0.294. The van der Waals surface area contributed by atoms with Crippen LogP contribution in [0.5, 0.6) is 11.5 Å². The molecule has 0 unspecified atom stereocenters. The van der Waals surface area contributed by atoms with Crippen LogP contribution in [0.15, 0.2) is 48.5 Å². The van der Waals surface area contributed by atoms with Crippen molar-refractivity contribution in [2.45, 2.75) is 24.9 Å². The summed E-state index contributed by atoms with van der Waals surface area (Å²) in [4.78, 5) is 0. The van der Waals surface area contributed by atoms with Crippen LogP contribution in [0.3, 0.4) is 0 Å². The van der Waals surface area contributed by atoms with Crippen molar-refractivity contribution >= 4 is 12.4 Å². The van der Waals surface area contributed by atoms with Gasteiger partial charge in [0.25, 0.3) is 0 Å². The number of aliphatic hydroxyl groups excluding tert-OH is 1. The molecule has 0 spiro atoms. The summed E-state index contributed by atoms with van der Waals surface area (Å²) in [5.74, 6) is -0.134. The van der Waals surface area contributed by atoms with Crippen molar-refractivity contribution in [3.05, 3.63) is 59.7 Å². The fourth-order valence-electron chi connectivity index (χ4n) is 2.36. The Balaban J connectivity index is 0.00000312. The molecule has 8 heteroatoms. The zero-order valence-corrected chi connectivity index (χ0v) is 14.2. The van der Waals surface area contributed by atoms with E-state index < -0.39 is 24.3 Å². The summed E-state index contributed by atoms with van der Waals surface area (Å²) in [6.45, 7) is 0. The van der Waals surface area contributed by atoms with Crippen molar-refractivity contribution in [3.8, 4) is 11.5 Å². The SMILES string of the molecule is COc1ccc(OC(F)(F)F)cc1[C@@H](N)[C@@H](O)Cc1ccccc1.Cl. The van der Waals surface area contributed by atoms with Gasteiger partial charge in [-0.05, 0) is 23.8 Å². The number of hydrogen-bond acceptors (Lipinski definition) is 4. The minimum Gasteiger partial charge on any atom is -0.496 e. The van der Waals surface area contributed by atoms with E-state index in [1.54, 1.807) is 0 Å². The van der Waals surface area contributed by atoms with Crippen LogP contribution < -0.4 is 15.2 Å². The smallest absolute Gasteiger partial charge is 0.496 e. The van der Waals surface area contributed by atoms with Gasteiger partial charge < -0.3 is 20.3 Å². The highest BCUT2D eigenvalue weighted by atomic mass is 35.5. The summed E-state index contributed by atoms with van der Waals surface area (Å²) in [7, 11) is 1.37. The summed E-state index contributed by atoms with van der Waals surface area (Å²) in [6.07, 6.45) is -5.55. The average Bonchev–Trinajstić information content (AvgIpc) is 2.53. The number of halogens is 4. The van der Waals surface area contributed by atoms with Crippen molar-refractivity contribution in [2.75, 3.05) is 7.11 Å². The third-order valence-corrected chi connectivity index (χ3v) is 3.50. The van der Waals surface area contributed by atoms with Gasteiger partial charge in [-0.2, -0.15) is 0 Å². The molecule has 0 heterocycles. The number of ether oxygens (including phenoxy) is 2. The van der Waals surface area contributed by atoms with Crippen LogP contribution in [-0.2, 0) is 6.42 Å². The molecule has 0 bridgehead atoms. The highest BCUT2D eigenvalue weighted by Crippen LogP contribution is 2.33. The normalized spacial score (nSPS) is 13.5. The van der Waals surface area contributed by atoms with E-state index >= 15 is 0 Å². The van der Waals surface area contributed by atoms with Crippen LogP contribution >= 0.6 is 12.4 Å². The molecule has 0 radical (unpaired) electrons. The quantitative estimate of drug-likeness (QED) is 0.807. The zero-order chi connectivity index (χ0) is 17.7. The van der Waals surface area contributed by atoms with E-state index in [1.807, 2.05) is 30.3 Å². The second-order valence-corrected chi connectivity index (χ2v) is 5.23. The van der Waals surface area contributed by atoms with Crippen LogP contribution in [0.4, 0.5) is 13.2 Å². The first-order chi connectivity index (χ1) is 11.3. The molecule has 0 aromatic heterocycles. The minimum absolute atomic E-state index is 0. The van der Waals surface area contributed by atoms with E-state index in [4.69, 9.17) is 10.5 Å². The summed E-state index contributed by atoms with van der Waals surface area (Å²) in [6, 6.07) is 11.8. The Bertz CT molecular complexity index is 668. The molecular weight excluding hydrogens is 359 g/mol. The molecule has 2 aromatic rings. The van der Waals surface area contributed by atoms with Crippen molar-refractivity contribution in [1.82, 2.24) is 0 Å². The molecule has 0 aliphatic heterocycles. The molecule has 0 saturated carbocycles. The Hall–Kier alpha value is -1.96. The molecule has 0 aliphatic carbocycles. The van der Waals surface area contributed by atoms with E-state index in [-0.39, 0.29) is 30.1 Å². The summed E-state index contributed by atoms with van der Waals surface area (Å²) in [5, 5.41) is 10.3. The average molecular weight is 378 g/mol. The fourth-order valence-corrected chi connectivity index (χ4v) is 2.36. The lowest BCUT2D eigenvalue weighted by Gasteiger charge is -2.22. The van der Waals surface area contributed by atoms with Crippen LogP contribution in [-0.4, -0.2) is 24.7 Å². The van der Waals surface area contributed by atoms with Gasteiger partial charge in [0.2, 0.25) is 0 Å². The zero-order valence-electron chi connectivity index (χ0n) is 13.4. The maximum absolute atomic E-state index is 12.4. The van der Waals surface area contributed by atoms with Crippen molar-refractivity contribution in [1.29, 1.82) is 0 Å². The number of hydrogen-bond donors (Lipinski definition) is 2. The molecule has 0 amide bonds. The largest absolute Gasteiger partial charge is 0.573 e. The lowest BCUT2D eigenvalue weighted by atomic mass is 9.96. The summed E-state index contributed by atoms with van der Waals surface area (Å²) >= 11 is 0. The number of methoxy groups -OCH3 is 1. The molecule has 0 aliphatic rings. The lowest BCUT2D eigenvalue weighted by Crippen LogP contribution is -2.28. The molecule has 2 rings (SSSR count). The Morgan fingerprint density at radius 1 is 1.12 bits per heavy atom. The Labute approximate surface area is 149 Å². The third kappa shape index (κ3) is 6.12. The van der Waals surface area contributed by atoms with E-state index in [9.17, 15) is 18.3 Å². The summed E-state index contributed by atoms with van der Waals surface area (Å²) in [5.41, 5.74) is 7.13. The van der Waals surface area contributed by atoms with Gasteiger partial charge in [-0.1, -0.05) is 30.3 Å². The van der Waals surface area contributed by atoms with Gasteiger partial charge in [0, 0.05) is 12.0 Å². The first-order valence-electron chi connectivity index (χ1n) is 7.21. The number of rotatable bonds is 6. The molecule has 0 fully saturated rings. The monoisotopic (exact) mass is 377 g/mol. The van der Waals surface area contributed by atoms with E-state index in [1.165, 1.54) is 13.2 Å². The Morgan fingerprint density at radius 3 is 2.32 bits per heavy atom. The van der Waals surface area contributed by atoms with Gasteiger partial charge in [-0.3, -0.25) is 0 Å². The first-order valence-corrected chi connectivity index (χ1v) is 7.21. The molecule has 25 heavy (non-hydrogen) atoms. The van der Waals surface area contributed by atoms with Gasteiger partial charge in [-0.25, -0.2) is 0 Å². The molecule has 2 aromatic carbocycles. The minimum atomic E-state index is -4.81. The van der Waals surface area contributed by atoms with Crippen LogP contribution in [0, 0.1) is 0 Å². The standard InChI is InChI=1S/C17H18F3NO3.ClH/c1-23-15-8-7-12(24-17(18,19)20)10-13(15)16(21)14(22)9-11-5-3-2-4-6-11;/h2-8,10,14,16,22H,9,21H2,1H3;1H/t14-,16+;/m0./s1. The van der Waals surface area contributed by atoms with Crippen molar-refractivity contribution < 1.29 is 27.8 Å².